The number of hydrogen-bond donors (Lipinski definition) is 5. The zero-order chi connectivity index (χ0) is 27.1. The molecule has 200 valence electrons. The lowest BCUT2D eigenvalue weighted by molar-refractivity contribution is -0.261. The smallest absolute Gasteiger partial charge is 0.328 e. The molecule has 0 aliphatic carbocycles. The summed E-state index contributed by atoms with van der Waals surface area (Å²) < 4.78 is 21.7. The molecule has 37 heavy (non-hydrogen) atoms. The van der Waals surface area contributed by atoms with E-state index in [9.17, 15) is 24.9 Å². The van der Waals surface area contributed by atoms with E-state index in [0.29, 0.717) is 5.56 Å². The second kappa shape index (κ2) is 12.9. The molecule has 5 N–H and O–H groups in total. The normalized spacial score (nSPS) is 23.6. The maximum atomic E-state index is 13.0. The van der Waals surface area contributed by atoms with Gasteiger partial charge in [-0.1, -0.05) is 35.9 Å². The van der Waals surface area contributed by atoms with Crippen LogP contribution in [0.4, 0.5) is 0 Å². The lowest BCUT2D eigenvalue weighted by Gasteiger charge is -2.41. The lowest BCUT2D eigenvalue weighted by atomic mass is 9.96. The van der Waals surface area contributed by atoms with E-state index in [1.165, 1.54) is 32.4 Å². The van der Waals surface area contributed by atoms with Crippen molar-refractivity contribution in [2.45, 2.75) is 37.3 Å². The summed E-state index contributed by atoms with van der Waals surface area (Å²) in [5.74, 6) is -1.33. The third kappa shape index (κ3) is 6.98. The number of halogens is 1. The van der Waals surface area contributed by atoms with Crippen molar-refractivity contribution < 1.29 is 49.0 Å². The van der Waals surface area contributed by atoms with E-state index in [1.807, 2.05) is 0 Å². The number of amides is 1. The Bertz CT molecular complexity index is 1120. The van der Waals surface area contributed by atoms with Crippen LogP contribution in [0, 0.1) is 0 Å². The van der Waals surface area contributed by atoms with Gasteiger partial charge >= 0.3 is 5.97 Å². The number of aliphatic hydroxyl groups is 3. The molecule has 0 spiro atoms. The van der Waals surface area contributed by atoms with Gasteiger partial charge in [-0.05, 0) is 23.3 Å². The van der Waals surface area contributed by atoms with Crippen LogP contribution in [0.5, 0.6) is 11.5 Å². The molecule has 0 saturated carbocycles. The number of carbonyl (C=O) groups excluding carboxylic acids is 1. The summed E-state index contributed by atoms with van der Waals surface area (Å²) >= 11 is 6.36. The van der Waals surface area contributed by atoms with Crippen molar-refractivity contribution in [3.05, 3.63) is 64.2 Å². The number of rotatable bonds is 10. The Morgan fingerprint density at radius 3 is 2.41 bits per heavy atom. The highest BCUT2D eigenvalue weighted by atomic mass is 35.5. The molecule has 1 aliphatic rings. The number of benzene rings is 2. The Labute approximate surface area is 217 Å². The highest BCUT2D eigenvalue weighted by Gasteiger charge is 2.45. The minimum atomic E-state index is -1.48. The van der Waals surface area contributed by atoms with Crippen LogP contribution >= 0.6 is 11.6 Å². The summed E-state index contributed by atoms with van der Waals surface area (Å²) in [6, 6.07) is 8.66. The minimum absolute atomic E-state index is 0.0373. The molecule has 2 aromatic rings. The molecule has 0 radical (unpaired) electrons. The average Bonchev–Trinajstić information content (AvgIpc) is 2.89. The summed E-state index contributed by atoms with van der Waals surface area (Å²) in [6.07, 6.45) is -2.63. The SMILES string of the molecule is COc1cc(OCc2ccc(/C=C/C(=O)O)cc2)c(Cl)cc1C(=O)N[C@H]1[C@@H](OC)O[C@H](CO)[C@@H](O)[C@@H]1O. The predicted octanol–water partition coefficient (Wildman–Crippen LogP) is 1.21. The van der Waals surface area contributed by atoms with Gasteiger partial charge in [0.2, 0.25) is 0 Å². The molecule has 11 nitrogen and oxygen atoms in total. The molecule has 3 rings (SSSR count). The standard InChI is InChI=1S/C25H28ClNO10/c1-34-17-10-18(36-12-14-5-3-13(4-6-14)7-8-20(29)30)16(26)9-15(17)24(33)27-21-23(32)22(31)19(11-28)37-25(21)35-2/h3-10,19,21-23,25,28,31-32H,11-12H2,1-2H3,(H,27,33)(H,29,30)/b8-7+/t19-,21-,22-,23-,25+/m1/s1. The zero-order valence-electron chi connectivity index (χ0n) is 20.0. The van der Waals surface area contributed by atoms with Gasteiger partial charge in [-0.25, -0.2) is 4.79 Å². The fourth-order valence-electron chi connectivity index (χ4n) is 3.71. The van der Waals surface area contributed by atoms with Gasteiger partial charge in [-0.2, -0.15) is 0 Å². The number of hydrogen-bond acceptors (Lipinski definition) is 9. The number of carbonyl (C=O) groups is 2. The molecule has 12 heteroatoms. The maximum absolute atomic E-state index is 13.0. The van der Waals surface area contributed by atoms with Crippen LogP contribution in [0.1, 0.15) is 21.5 Å². The number of nitrogens with one attached hydrogen (secondary N) is 1. The first kappa shape index (κ1) is 28.4. The summed E-state index contributed by atoms with van der Waals surface area (Å²) in [7, 11) is 2.66. The van der Waals surface area contributed by atoms with Gasteiger partial charge in [-0.3, -0.25) is 4.79 Å². The summed E-state index contributed by atoms with van der Waals surface area (Å²) in [5.41, 5.74) is 1.54. The second-order valence-electron chi connectivity index (χ2n) is 8.13. The van der Waals surface area contributed by atoms with Crippen molar-refractivity contribution in [1.29, 1.82) is 0 Å². The fourth-order valence-corrected chi connectivity index (χ4v) is 3.93. The molecular weight excluding hydrogens is 510 g/mol. The first-order valence-electron chi connectivity index (χ1n) is 11.1. The van der Waals surface area contributed by atoms with E-state index in [2.05, 4.69) is 5.32 Å². The van der Waals surface area contributed by atoms with E-state index < -0.39 is 49.1 Å². The fraction of sp³-hybridized carbons (Fsp3) is 0.360. The number of carboxylic acid groups (broad SMARTS) is 1. The number of ether oxygens (including phenoxy) is 4. The predicted molar refractivity (Wildman–Crippen MR) is 131 cm³/mol. The molecule has 1 saturated heterocycles. The third-order valence-corrected chi connectivity index (χ3v) is 6.00. The maximum Gasteiger partial charge on any atom is 0.328 e. The largest absolute Gasteiger partial charge is 0.496 e. The van der Waals surface area contributed by atoms with Crippen molar-refractivity contribution in [3.63, 3.8) is 0 Å². The molecule has 2 aromatic carbocycles. The highest BCUT2D eigenvalue weighted by Crippen LogP contribution is 2.34. The quantitative estimate of drug-likeness (QED) is 0.278. The molecule has 1 amide bonds. The first-order valence-corrected chi connectivity index (χ1v) is 11.5. The number of aliphatic hydroxyl groups excluding tert-OH is 3. The van der Waals surface area contributed by atoms with E-state index >= 15 is 0 Å². The molecule has 5 atom stereocenters. The lowest BCUT2D eigenvalue weighted by Crippen LogP contribution is -2.64. The van der Waals surface area contributed by atoms with Gasteiger partial charge in [-0.15, -0.1) is 0 Å². The minimum Gasteiger partial charge on any atom is -0.496 e. The third-order valence-electron chi connectivity index (χ3n) is 5.70. The molecule has 0 aromatic heterocycles. The van der Waals surface area contributed by atoms with Gasteiger partial charge in [0.1, 0.15) is 42.5 Å². The van der Waals surface area contributed by atoms with Crippen LogP contribution in [0.25, 0.3) is 6.08 Å². The Morgan fingerprint density at radius 2 is 1.81 bits per heavy atom. The molecule has 0 bridgehead atoms. The molecule has 1 fully saturated rings. The number of aliphatic carboxylic acids is 1. The van der Waals surface area contributed by atoms with E-state index in [4.69, 9.17) is 35.7 Å². The summed E-state index contributed by atoms with van der Waals surface area (Å²) in [5, 5.41) is 41.4. The van der Waals surface area contributed by atoms with Crippen molar-refractivity contribution >= 4 is 29.6 Å². The van der Waals surface area contributed by atoms with Gasteiger partial charge < -0.3 is 44.7 Å². The van der Waals surface area contributed by atoms with Gasteiger partial charge in [0.05, 0.1) is 24.3 Å². The Hall–Kier alpha value is -3.19. The molecule has 0 unspecified atom stereocenters. The molecular formula is C25H28ClNO10. The Morgan fingerprint density at radius 1 is 1.11 bits per heavy atom. The zero-order valence-corrected chi connectivity index (χ0v) is 20.8. The van der Waals surface area contributed by atoms with E-state index in [1.54, 1.807) is 24.3 Å². The Balaban J connectivity index is 1.72. The summed E-state index contributed by atoms with van der Waals surface area (Å²) in [4.78, 5) is 23.7. The average molecular weight is 538 g/mol. The van der Waals surface area contributed by atoms with Crippen molar-refractivity contribution in [1.82, 2.24) is 5.32 Å². The van der Waals surface area contributed by atoms with Crippen molar-refractivity contribution in [2.24, 2.45) is 0 Å². The molecule has 1 aliphatic heterocycles. The van der Waals surface area contributed by atoms with Crippen LogP contribution in [0.15, 0.2) is 42.5 Å². The van der Waals surface area contributed by atoms with Crippen molar-refractivity contribution in [2.75, 3.05) is 20.8 Å². The van der Waals surface area contributed by atoms with Crippen LogP contribution in [-0.4, -0.2) is 83.8 Å². The monoisotopic (exact) mass is 537 g/mol. The van der Waals surface area contributed by atoms with Crippen molar-refractivity contribution in [3.8, 4) is 11.5 Å². The first-order chi connectivity index (χ1) is 17.7. The summed E-state index contributed by atoms with van der Waals surface area (Å²) in [6.45, 7) is -0.405. The molecule has 1 heterocycles. The second-order valence-corrected chi connectivity index (χ2v) is 8.53. The van der Waals surface area contributed by atoms with Crippen LogP contribution in [-0.2, 0) is 20.9 Å². The topological polar surface area (TPSA) is 164 Å². The van der Waals surface area contributed by atoms with E-state index in [0.717, 1.165) is 11.6 Å². The van der Waals surface area contributed by atoms with Crippen LogP contribution in [0.3, 0.4) is 0 Å². The number of carboxylic acids is 1. The van der Waals surface area contributed by atoms with Gasteiger partial charge in [0, 0.05) is 19.3 Å². The van der Waals surface area contributed by atoms with E-state index in [-0.39, 0.29) is 28.7 Å². The highest BCUT2D eigenvalue weighted by molar-refractivity contribution is 6.32. The van der Waals surface area contributed by atoms with Gasteiger partial charge in [0.15, 0.2) is 6.29 Å². The number of methoxy groups -OCH3 is 2. The Kier molecular flexibility index (Phi) is 9.86. The van der Waals surface area contributed by atoms with Crippen LogP contribution < -0.4 is 14.8 Å². The van der Waals surface area contributed by atoms with Gasteiger partial charge in [0.25, 0.3) is 5.91 Å². The van der Waals surface area contributed by atoms with Crippen LogP contribution in [0.2, 0.25) is 5.02 Å².